The summed E-state index contributed by atoms with van der Waals surface area (Å²) in [5, 5.41) is 0. The molecule has 0 aromatic rings. The van der Waals surface area contributed by atoms with Crippen molar-refractivity contribution in [3.63, 3.8) is 0 Å². The van der Waals surface area contributed by atoms with Gasteiger partial charge in [-0.1, -0.05) is 68.4 Å². The molecule has 2 bridgehead atoms. The Labute approximate surface area is 93.9 Å². The van der Waals surface area contributed by atoms with Gasteiger partial charge in [0, 0.05) is 0 Å². The lowest BCUT2D eigenvalue weighted by Crippen LogP contribution is -2.36. The lowest BCUT2D eigenvalue weighted by molar-refractivity contribution is 0.445. The van der Waals surface area contributed by atoms with Crippen LogP contribution in [0.1, 0.15) is 51.4 Å². The van der Waals surface area contributed by atoms with E-state index >= 15 is 0 Å². The monoisotopic (exact) mass is 200 g/mol. The van der Waals surface area contributed by atoms with Crippen LogP contribution >= 0.6 is 0 Å². The first-order valence-electron chi connectivity index (χ1n) is 6.79. The average molecular weight is 200 g/mol. The summed E-state index contributed by atoms with van der Waals surface area (Å²) < 4.78 is 0. The van der Waals surface area contributed by atoms with Crippen molar-refractivity contribution >= 4 is 6.71 Å². The summed E-state index contributed by atoms with van der Waals surface area (Å²) in [5.74, 6) is 2.10. The van der Waals surface area contributed by atoms with Crippen LogP contribution < -0.4 is 0 Å². The van der Waals surface area contributed by atoms with Crippen LogP contribution in [0.3, 0.4) is 0 Å². The Hall–Kier alpha value is -0.455. The van der Waals surface area contributed by atoms with E-state index in [1.165, 1.54) is 51.4 Å². The van der Waals surface area contributed by atoms with E-state index in [0.29, 0.717) is 0 Å². The molecule has 0 nitrogen and oxygen atoms in total. The van der Waals surface area contributed by atoms with Gasteiger partial charge in [0.15, 0.2) is 6.71 Å². The molecule has 0 N–H and O–H groups in total. The lowest BCUT2D eigenvalue weighted by atomic mass is 9.24. The summed E-state index contributed by atoms with van der Waals surface area (Å²) in [6, 6.07) is 0. The van der Waals surface area contributed by atoms with Crippen molar-refractivity contribution in [3.8, 4) is 0 Å². The molecule has 1 aliphatic carbocycles. The first kappa shape index (κ1) is 9.75. The standard InChI is InChI=1S/C14H21B/c1-2-6-12(7-3-1)15-13-8-4-9-14(15)11-5-10-13/h1-2,7,13-14H,3-6,8-11H2. The van der Waals surface area contributed by atoms with Gasteiger partial charge in [0.2, 0.25) is 0 Å². The molecule has 2 saturated heterocycles. The normalized spacial score (nSPS) is 35.2. The van der Waals surface area contributed by atoms with Crippen LogP contribution in [0.2, 0.25) is 11.6 Å². The zero-order valence-corrected chi connectivity index (χ0v) is 9.62. The van der Waals surface area contributed by atoms with E-state index < -0.39 is 0 Å². The average Bonchev–Trinajstić information content (AvgIpc) is 2.29. The summed E-state index contributed by atoms with van der Waals surface area (Å²) >= 11 is 0. The van der Waals surface area contributed by atoms with E-state index in [0.717, 1.165) is 18.3 Å². The molecular weight excluding hydrogens is 179 g/mol. The molecule has 2 aliphatic heterocycles. The molecule has 3 aliphatic rings. The topological polar surface area (TPSA) is 0 Å². The number of hydrogen-bond acceptors (Lipinski definition) is 0. The molecule has 15 heavy (non-hydrogen) atoms. The number of rotatable bonds is 1. The van der Waals surface area contributed by atoms with E-state index in [-0.39, 0.29) is 0 Å². The molecule has 1 heteroatoms. The number of allylic oxidation sites excluding steroid dienone is 4. The Morgan fingerprint density at radius 2 is 1.60 bits per heavy atom. The van der Waals surface area contributed by atoms with Gasteiger partial charge in [0.25, 0.3) is 0 Å². The maximum atomic E-state index is 2.53. The zero-order chi connectivity index (χ0) is 10.1. The summed E-state index contributed by atoms with van der Waals surface area (Å²) in [4.78, 5) is 0. The number of fused-ring (bicyclic) bond motifs is 2. The second kappa shape index (κ2) is 4.19. The van der Waals surface area contributed by atoms with Crippen molar-refractivity contribution < 1.29 is 0 Å². The molecule has 0 aromatic heterocycles. The third-order valence-corrected chi connectivity index (χ3v) is 4.78. The van der Waals surface area contributed by atoms with Gasteiger partial charge in [-0.15, -0.1) is 5.47 Å². The van der Waals surface area contributed by atoms with Crippen LogP contribution in [-0.4, -0.2) is 6.71 Å². The van der Waals surface area contributed by atoms with Crippen LogP contribution in [0, 0.1) is 0 Å². The summed E-state index contributed by atoms with van der Waals surface area (Å²) in [7, 11) is 0. The largest absolute Gasteiger partial charge is 0.176 e. The predicted molar refractivity (Wildman–Crippen MR) is 67.4 cm³/mol. The highest BCUT2D eigenvalue weighted by Gasteiger charge is 2.40. The van der Waals surface area contributed by atoms with Gasteiger partial charge < -0.3 is 0 Å². The third kappa shape index (κ3) is 1.81. The van der Waals surface area contributed by atoms with Crippen LogP contribution in [0.15, 0.2) is 23.7 Å². The van der Waals surface area contributed by atoms with Crippen molar-refractivity contribution in [2.24, 2.45) is 0 Å². The van der Waals surface area contributed by atoms with Gasteiger partial charge in [0.05, 0.1) is 0 Å². The van der Waals surface area contributed by atoms with Gasteiger partial charge in [-0.2, -0.15) is 0 Å². The Morgan fingerprint density at radius 1 is 0.933 bits per heavy atom. The van der Waals surface area contributed by atoms with E-state index in [2.05, 4.69) is 18.2 Å². The molecule has 0 saturated carbocycles. The van der Waals surface area contributed by atoms with Gasteiger partial charge in [-0.3, -0.25) is 0 Å². The van der Waals surface area contributed by atoms with Crippen LogP contribution in [0.5, 0.6) is 0 Å². The minimum atomic E-state index is 0.984. The Bertz CT molecular complexity index is 268. The second-order valence-corrected chi connectivity index (χ2v) is 5.60. The Morgan fingerprint density at radius 3 is 2.13 bits per heavy atom. The van der Waals surface area contributed by atoms with Gasteiger partial charge >= 0.3 is 0 Å². The molecule has 2 fully saturated rings. The molecule has 0 atom stereocenters. The summed E-state index contributed by atoms with van der Waals surface area (Å²) in [6.45, 7) is 0.984. The smallest absolute Gasteiger partial charge is 0.100 e. The van der Waals surface area contributed by atoms with Crippen LogP contribution in [0.25, 0.3) is 0 Å². The van der Waals surface area contributed by atoms with E-state index in [9.17, 15) is 0 Å². The van der Waals surface area contributed by atoms with Gasteiger partial charge in [0.1, 0.15) is 0 Å². The van der Waals surface area contributed by atoms with Crippen molar-refractivity contribution in [3.05, 3.63) is 23.7 Å². The summed E-state index contributed by atoms with van der Waals surface area (Å²) in [5.41, 5.74) is 1.80. The fourth-order valence-corrected chi connectivity index (χ4v) is 4.17. The van der Waals surface area contributed by atoms with Gasteiger partial charge in [-0.05, 0) is 12.8 Å². The number of hydrogen-bond donors (Lipinski definition) is 0. The van der Waals surface area contributed by atoms with E-state index in [1.54, 1.807) is 5.47 Å². The molecular formula is C14H21B. The van der Waals surface area contributed by atoms with Crippen molar-refractivity contribution in [2.45, 2.75) is 63.0 Å². The van der Waals surface area contributed by atoms with Crippen molar-refractivity contribution in [1.29, 1.82) is 0 Å². The summed E-state index contributed by atoms with van der Waals surface area (Å²) in [6.07, 6.45) is 18.8. The molecule has 0 spiro atoms. The molecule has 2 heterocycles. The van der Waals surface area contributed by atoms with Crippen LogP contribution in [-0.2, 0) is 0 Å². The van der Waals surface area contributed by atoms with Crippen LogP contribution in [0.4, 0.5) is 0 Å². The maximum absolute atomic E-state index is 2.53. The molecule has 80 valence electrons. The Balaban J connectivity index is 1.80. The zero-order valence-electron chi connectivity index (χ0n) is 9.62. The quantitative estimate of drug-likeness (QED) is 0.434. The lowest BCUT2D eigenvalue weighted by Gasteiger charge is -2.42. The highest BCUT2D eigenvalue weighted by Crippen LogP contribution is 2.49. The van der Waals surface area contributed by atoms with Crippen molar-refractivity contribution in [2.75, 3.05) is 0 Å². The SMILES string of the molecule is C1=CCC(B2C3CCCC2CCC3)=CC1. The minimum Gasteiger partial charge on any atom is -0.100 e. The first-order chi connectivity index (χ1) is 7.45. The highest BCUT2D eigenvalue weighted by atomic mass is 14.3. The second-order valence-electron chi connectivity index (χ2n) is 5.60. The maximum Gasteiger partial charge on any atom is 0.176 e. The fraction of sp³-hybridized carbons (Fsp3) is 0.714. The molecule has 0 unspecified atom stereocenters. The highest BCUT2D eigenvalue weighted by molar-refractivity contribution is 6.70. The van der Waals surface area contributed by atoms with Crippen molar-refractivity contribution in [1.82, 2.24) is 0 Å². The minimum absolute atomic E-state index is 0.984. The molecule has 0 aromatic carbocycles. The first-order valence-corrected chi connectivity index (χ1v) is 6.79. The molecule has 0 radical (unpaired) electrons. The fourth-order valence-electron chi connectivity index (χ4n) is 4.17. The predicted octanol–water partition coefficient (Wildman–Crippen LogP) is 4.41. The van der Waals surface area contributed by atoms with Gasteiger partial charge in [-0.25, -0.2) is 0 Å². The van der Waals surface area contributed by atoms with E-state index in [1.807, 2.05) is 0 Å². The van der Waals surface area contributed by atoms with E-state index in [4.69, 9.17) is 0 Å². The molecule has 3 rings (SSSR count). The molecule has 0 amide bonds. The third-order valence-electron chi connectivity index (χ3n) is 4.78. The Kier molecular flexibility index (Phi) is 2.73.